The van der Waals surface area contributed by atoms with Crippen molar-refractivity contribution in [3.8, 4) is 11.5 Å². The monoisotopic (exact) mass is 233 g/mol. The van der Waals surface area contributed by atoms with Crippen molar-refractivity contribution < 1.29 is 14.2 Å². The summed E-state index contributed by atoms with van der Waals surface area (Å²) in [6.07, 6.45) is 0. The van der Waals surface area contributed by atoms with Crippen molar-refractivity contribution in [1.82, 2.24) is 0 Å². The Morgan fingerprint density at radius 2 is 2.27 bits per heavy atom. The predicted molar refractivity (Wildman–Crippen MR) is 57.1 cm³/mol. The van der Waals surface area contributed by atoms with E-state index in [0.717, 1.165) is 0 Å². The van der Waals surface area contributed by atoms with Gasteiger partial charge in [0.05, 0.1) is 7.11 Å². The van der Waals surface area contributed by atoms with Crippen LogP contribution in [0.5, 0.6) is 11.5 Å². The van der Waals surface area contributed by atoms with E-state index in [1.165, 1.54) is 13.2 Å². The van der Waals surface area contributed by atoms with Crippen LogP contribution >= 0.6 is 11.6 Å². The Balaban J connectivity index is 3.33. The second-order valence-electron chi connectivity index (χ2n) is 3.28. The summed E-state index contributed by atoms with van der Waals surface area (Å²) in [5.74, 6) is -1.09. The van der Waals surface area contributed by atoms with Gasteiger partial charge in [-0.25, -0.2) is 4.39 Å². The molecule has 84 valence electrons. The van der Waals surface area contributed by atoms with Crippen molar-refractivity contribution in [2.24, 2.45) is 5.73 Å². The third-order valence-corrected chi connectivity index (χ3v) is 2.62. The third kappa shape index (κ3) is 2.16. The Hall–Kier alpha value is -1.00. The lowest BCUT2D eigenvalue weighted by Gasteiger charge is -2.14. The Bertz CT molecular complexity index is 371. The molecule has 0 saturated heterocycles. The number of benzene rings is 1. The molecule has 1 aromatic rings. The summed E-state index contributed by atoms with van der Waals surface area (Å²) in [5, 5.41) is 9.58. The quantitative estimate of drug-likeness (QED) is 0.842. The van der Waals surface area contributed by atoms with Crippen LogP contribution in [0, 0.1) is 5.82 Å². The van der Waals surface area contributed by atoms with E-state index in [2.05, 4.69) is 0 Å². The predicted octanol–water partition coefficient (Wildman–Crippen LogP) is 2.26. The summed E-state index contributed by atoms with van der Waals surface area (Å²) in [6, 6.07) is 1.19. The van der Waals surface area contributed by atoms with Gasteiger partial charge in [-0.15, -0.1) is 0 Å². The van der Waals surface area contributed by atoms with Crippen molar-refractivity contribution in [2.45, 2.75) is 12.8 Å². The molecule has 0 spiro atoms. The molecule has 0 heterocycles. The van der Waals surface area contributed by atoms with E-state index in [0.29, 0.717) is 12.1 Å². The fourth-order valence-corrected chi connectivity index (χ4v) is 1.58. The first-order chi connectivity index (χ1) is 7.02. The molecule has 0 saturated carbocycles. The Morgan fingerprint density at radius 1 is 1.67 bits per heavy atom. The molecule has 0 amide bonds. The van der Waals surface area contributed by atoms with Crippen LogP contribution in [0.2, 0.25) is 5.02 Å². The topological polar surface area (TPSA) is 55.5 Å². The van der Waals surface area contributed by atoms with E-state index in [4.69, 9.17) is 22.1 Å². The maximum atomic E-state index is 13.4. The molecule has 1 unspecified atom stereocenters. The highest BCUT2D eigenvalue weighted by atomic mass is 35.5. The van der Waals surface area contributed by atoms with Crippen molar-refractivity contribution in [1.29, 1.82) is 0 Å². The van der Waals surface area contributed by atoms with E-state index in [1.807, 2.05) is 0 Å². The zero-order valence-corrected chi connectivity index (χ0v) is 9.31. The number of hydrogen-bond acceptors (Lipinski definition) is 3. The minimum absolute atomic E-state index is 0.118. The average molecular weight is 234 g/mol. The van der Waals surface area contributed by atoms with E-state index >= 15 is 0 Å². The molecule has 3 nitrogen and oxygen atoms in total. The summed E-state index contributed by atoms with van der Waals surface area (Å²) in [4.78, 5) is 0. The highest BCUT2D eigenvalue weighted by Crippen LogP contribution is 2.40. The lowest BCUT2D eigenvalue weighted by molar-refractivity contribution is 0.378. The van der Waals surface area contributed by atoms with Gasteiger partial charge in [0.15, 0.2) is 11.6 Å². The number of phenols is 1. The second-order valence-corrected chi connectivity index (χ2v) is 3.66. The maximum Gasteiger partial charge on any atom is 0.176 e. The Kier molecular flexibility index (Phi) is 3.77. The van der Waals surface area contributed by atoms with Gasteiger partial charge < -0.3 is 15.6 Å². The van der Waals surface area contributed by atoms with Crippen LogP contribution in [0.4, 0.5) is 4.39 Å². The second kappa shape index (κ2) is 4.68. The molecular weight excluding hydrogens is 221 g/mol. The number of halogens is 2. The summed E-state index contributed by atoms with van der Waals surface area (Å²) in [6.45, 7) is 2.08. The Labute approximate surface area is 92.6 Å². The van der Waals surface area contributed by atoms with Gasteiger partial charge in [-0.1, -0.05) is 18.5 Å². The van der Waals surface area contributed by atoms with Crippen LogP contribution in [0.3, 0.4) is 0 Å². The molecule has 0 aliphatic carbocycles. The van der Waals surface area contributed by atoms with E-state index in [-0.39, 0.29) is 22.4 Å². The first kappa shape index (κ1) is 12.1. The highest BCUT2D eigenvalue weighted by Gasteiger charge is 2.19. The fraction of sp³-hybridized carbons (Fsp3) is 0.400. The summed E-state index contributed by atoms with van der Waals surface area (Å²) in [5.41, 5.74) is 5.83. The van der Waals surface area contributed by atoms with Crippen LogP contribution < -0.4 is 10.5 Å². The van der Waals surface area contributed by atoms with Crippen LogP contribution in [0.15, 0.2) is 6.07 Å². The van der Waals surface area contributed by atoms with Gasteiger partial charge in [0, 0.05) is 5.56 Å². The highest BCUT2D eigenvalue weighted by molar-refractivity contribution is 6.33. The lowest BCUT2D eigenvalue weighted by atomic mass is 10.00. The SMILES string of the molecule is COc1c(F)cc(C(C)CN)c(O)c1Cl. The number of methoxy groups -OCH3 is 1. The van der Waals surface area contributed by atoms with Crippen LogP contribution in [0.25, 0.3) is 0 Å². The van der Waals surface area contributed by atoms with Gasteiger partial charge >= 0.3 is 0 Å². The lowest BCUT2D eigenvalue weighted by Crippen LogP contribution is -2.09. The van der Waals surface area contributed by atoms with Crippen molar-refractivity contribution >= 4 is 11.6 Å². The zero-order chi connectivity index (χ0) is 11.6. The van der Waals surface area contributed by atoms with Crippen molar-refractivity contribution in [3.63, 3.8) is 0 Å². The average Bonchev–Trinajstić information content (AvgIpc) is 2.23. The number of aromatic hydroxyl groups is 1. The number of nitrogens with two attached hydrogens (primary N) is 1. The molecule has 0 aromatic heterocycles. The van der Waals surface area contributed by atoms with Crippen LogP contribution in [0.1, 0.15) is 18.4 Å². The number of hydrogen-bond donors (Lipinski definition) is 2. The van der Waals surface area contributed by atoms with E-state index in [9.17, 15) is 9.50 Å². The normalized spacial score (nSPS) is 12.6. The standard InChI is InChI=1S/C10H13ClFNO2/c1-5(4-13)6-3-7(12)10(15-2)8(11)9(6)14/h3,5,14H,4,13H2,1-2H3. The molecule has 0 aliphatic heterocycles. The minimum Gasteiger partial charge on any atom is -0.506 e. The minimum atomic E-state index is -0.601. The van der Waals surface area contributed by atoms with E-state index in [1.54, 1.807) is 6.92 Å². The first-order valence-electron chi connectivity index (χ1n) is 4.47. The number of rotatable bonds is 3. The number of ether oxygens (including phenoxy) is 1. The fourth-order valence-electron chi connectivity index (χ4n) is 1.30. The molecule has 1 rings (SSSR count). The maximum absolute atomic E-state index is 13.4. The molecule has 15 heavy (non-hydrogen) atoms. The van der Waals surface area contributed by atoms with Gasteiger partial charge in [0.25, 0.3) is 0 Å². The molecule has 0 aliphatic rings. The molecule has 1 aromatic carbocycles. The molecule has 3 N–H and O–H groups in total. The molecule has 0 bridgehead atoms. The third-order valence-electron chi connectivity index (χ3n) is 2.27. The van der Waals surface area contributed by atoms with Gasteiger partial charge in [0.2, 0.25) is 0 Å². The zero-order valence-electron chi connectivity index (χ0n) is 8.55. The van der Waals surface area contributed by atoms with Crippen molar-refractivity contribution in [2.75, 3.05) is 13.7 Å². The van der Waals surface area contributed by atoms with Gasteiger partial charge in [-0.2, -0.15) is 0 Å². The summed E-state index contributed by atoms with van der Waals surface area (Å²) in [7, 11) is 1.29. The molecular formula is C10H13ClFNO2. The van der Waals surface area contributed by atoms with Gasteiger partial charge in [-0.05, 0) is 18.5 Å². The number of phenolic OH excluding ortho intramolecular Hbond substituents is 1. The van der Waals surface area contributed by atoms with Crippen molar-refractivity contribution in [3.05, 3.63) is 22.5 Å². The van der Waals surface area contributed by atoms with E-state index < -0.39 is 5.82 Å². The van der Waals surface area contributed by atoms with Gasteiger partial charge in [-0.3, -0.25) is 0 Å². The molecule has 5 heteroatoms. The molecule has 0 radical (unpaired) electrons. The van der Waals surface area contributed by atoms with Crippen LogP contribution in [-0.2, 0) is 0 Å². The first-order valence-corrected chi connectivity index (χ1v) is 4.85. The summed E-state index contributed by atoms with van der Waals surface area (Å²) < 4.78 is 18.2. The van der Waals surface area contributed by atoms with Gasteiger partial charge in [0.1, 0.15) is 10.8 Å². The van der Waals surface area contributed by atoms with Crippen LogP contribution in [-0.4, -0.2) is 18.8 Å². The molecule has 0 fully saturated rings. The largest absolute Gasteiger partial charge is 0.506 e. The summed E-state index contributed by atoms with van der Waals surface area (Å²) >= 11 is 5.75. The smallest absolute Gasteiger partial charge is 0.176 e. The molecule has 1 atom stereocenters. The Morgan fingerprint density at radius 3 is 2.73 bits per heavy atom.